The van der Waals surface area contributed by atoms with Crippen molar-refractivity contribution in [3.63, 3.8) is 0 Å². The predicted molar refractivity (Wildman–Crippen MR) is 90.0 cm³/mol. The van der Waals surface area contributed by atoms with Gasteiger partial charge in [0.15, 0.2) is 0 Å². The second kappa shape index (κ2) is 9.16. The average molecular weight is 346 g/mol. The van der Waals surface area contributed by atoms with Gasteiger partial charge in [0.1, 0.15) is 5.82 Å². The standard InChI is InChI=1S/C16H19FN6O2/c17-12-5-2-1-4-11(12)13(23-15(18)25)10-14(24)19-8-9-22-16-20-6-3-7-21-16/h1-7,13H,8-10H2,(H,19,24)(H3,18,23,25)(H,20,21,22). The van der Waals surface area contributed by atoms with Crippen molar-refractivity contribution in [2.45, 2.75) is 12.5 Å². The zero-order chi connectivity index (χ0) is 18.1. The van der Waals surface area contributed by atoms with Crippen LogP contribution in [0.2, 0.25) is 0 Å². The van der Waals surface area contributed by atoms with Gasteiger partial charge in [-0.05, 0) is 12.1 Å². The number of aromatic nitrogens is 2. The van der Waals surface area contributed by atoms with Gasteiger partial charge in [-0.15, -0.1) is 0 Å². The zero-order valence-corrected chi connectivity index (χ0v) is 13.4. The Morgan fingerprint density at radius 3 is 2.52 bits per heavy atom. The fourth-order valence-corrected chi connectivity index (χ4v) is 2.19. The predicted octanol–water partition coefficient (Wildman–Crippen LogP) is 0.944. The maximum Gasteiger partial charge on any atom is 0.312 e. The second-order valence-corrected chi connectivity index (χ2v) is 5.14. The van der Waals surface area contributed by atoms with Gasteiger partial charge in [-0.1, -0.05) is 18.2 Å². The number of benzene rings is 1. The molecule has 0 radical (unpaired) electrons. The number of anilines is 1. The Bertz CT molecular complexity index is 713. The highest BCUT2D eigenvalue weighted by Gasteiger charge is 2.20. The Labute approximate surface area is 144 Å². The fraction of sp³-hybridized carbons (Fsp3) is 0.250. The lowest BCUT2D eigenvalue weighted by Crippen LogP contribution is -2.38. The lowest BCUT2D eigenvalue weighted by atomic mass is 10.0. The molecule has 3 amide bonds. The van der Waals surface area contributed by atoms with Crippen molar-refractivity contribution >= 4 is 17.9 Å². The number of nitrogens with one attached hydrogen (secondary N) is 3. The number of nitrogens with zero attached hydrogens (tertiary/aromatic N) is 2. The van der Waals surface area contributed by atoms with Crippen LogP contribution in [0, 0.1) is 5.82 Å². The molecule has 1 aromatic heterocycles. The topological polar surface area (TPSA) is 122 Å². The van der Waals surface area contributed by atoms with E-state index in [9.17, 15) is 14.0 Å². The van der Waals surface area contributed by atoms with Gasteiger partial charge in [0.2, 0.25) is 11.9 Å². The van der Waals surface area contributed by atoms with Crippen molar-refractivity contribution in [1.29, 1.82) is 0 Å². The van der Waals surface area contributed by atoms with Crippen LogP contribution in [0.1, 0.15) is 18.0 Å². The molecule has 1 atom stereocenters. The molecule has 0 aliphatic rings. The van der Waals surface area contributed by atoms with Crippen LogP contribution < -0.4 is 21.7 Å². The van der Waals surface area contributed by atoms with Gasteiger partial charge >= 0.3 is 6.03 Å². The third-order valence-corrected chi connectivity index (χ3v) is 3.28. The molecule has 1 aromatic carbocycles. The van der Waals surface area contributed by atoms with E-state index in [1.165, 1.54) is 18.2 Å². The largest absolute Gasteiger partial charge is 0.354 e. The molecular formula is C16H19FN6O2. The van der Waals surface area contributed by atoms with Gasteiger partial charge in [0.25, 0.3) is 0 Å². The number of rotatable bonds is 8. The van der Waals surface area contributed by atoms with Gasteiger partial charge in [0.05, 0.1) is 12.5 Å². The Balaban J connectivity index is 1.85. The van der Waals surface area contributed by atoms with Crippen molar-refractivity contribution in [3.05, 3.63) is 54.1 Å². The van der Waals surface area contributed by atoms with Crippen LogP contribution >= 0.6 is 0 Å². The van der Waals surface area contributed by atoms with Gasteiger partial charge < -0.3 is 21.7 Å². The van der Waals surface area contributed by atoms with Crippen LogP contribution in [0.3, 0.4) is 0 Å². The monoisotopic (exact) mass is 346 g/mol. The summed E-state index contributed by atoms with van der Waals surface area (Å²) in [7, 11) is 0. The van der Waals surface area contributed by atoms with Crippen molar-refractivity contribution in [3.8, 4) is 0 Å². The molecule has 1 unspecified atom stereocenters. The van der Waals surface area contributed by atoms with E-state index in [-0.39, 0.29) is 17.9 Å². The SMILES string of the molecule is NC(=O)NC(CC(=O)NCCNc1ncccn1)c1ccccc1F. The highest BCUT2D eigenvalue weighted by Crippen LogP contribution is 2.19. The molecule has 0 spiro atoms. The van der Waals surface area contributed by atoms with Gasteiger partial charge in [0, 0.05) is 31.0 Å². The summed E-state index contributed by atoms with van der Waals surface area (Å²) in [5, 5.41) is 8.00. The third-order valence-electron chi connectivity index (χ3n) is 3.28. The average Bonchev–Trinajstić information content (AvgIpc) is 2.59. The number of carbonyl (C=O) groups excluding carboxylic acids is 2. The van der Waals surface area contributed by atoms with Gasteiger partial charge in [-0.25, -0.2) is 19.2 Å². The molecule has 8 nitrogen and oxygen atoms in total. The lowest BCUT2D eigenvalue weighted by molar-refractivity contribution is -0.121. The summed E-state index contributed by atoms with van der Waals surface area (Å²) in [5.74, 6) is -0.411. The second-order valence-electron chi connectivity index (χ2n) is 5.14. The van der Waals surface area contributed by atoms with Crippen molar-refractivity contribution < 1.29 is 14.0 Å². The van der Waals surface area contributed by atoms with Gasteiger partial charge in [-0.3, -0.25) is 4.79 Å². The Morgan fingerprint density at radius 2 is 1.84 bits per heavy atom. The molecule has 0 saturated heterocycles. The number of halogens is 1. The van der Waals surface area contributed by atoms with Crippen LogP contribution in [0.5, 0.6) is 0 Å². The van der Waals surface area contributed by atoms with E-state index < -0.39 is 17.9 Å². The fourth-order valence-electron chi connectivity index (χ4n) is 2.19. The van der Waals surface area contributed by atoms with Crippen LogP contribution in [-0.4, -0.2) is 35.0 Å². The number of amides is 3. The maximum absolute atomic E-state index is 13.9. The molecule has 2 aromatic rings. The van der Waals surface area contributed by atoms with Gasteiger partial charge in [-0.2, -0.15) is 0 Å². The number of primary amides is 1. The first kappa shape index (κ1) is 18.1. The van der Waals surface area contributed by atoms with E-state index in [4.69, 9.17) is 5.73 Å². The summed E-state index contributed by atoms with van der Waals surface area (Å²) in [6.45, 7) is 0.737. The van der Waals surface area contributed by atoms with Crippen molar-refractivity contribution in [2.75, 3.05) is 18.4 Å². The molecule has 9 heteroatoms. The minimum Gasteiger partial charge on any atom is -0.354 e. The molecule has 0 aliphatic carbocycles. The Morgan fingerprint density at radius 1 is 1.12 bits per heavy atom. The van der Waals surface area contributed by atoms with E-state index >= 15 is 0 Å². The quantitative estimate of drug-likeness (QED) is 0.530. The molecule has 0 aliphatic heterocycles. The van der Waals surface area contributed by atoms with Crippen LogP contribution in [0.15, 0.2) is 42.7 Å². The lowest BCUT2D eigenvalue weighted by Gasteiger charge is -2.18. The van der Waals surface area contributed by atoms with E-state index in [0.717, 1.165) is 0 Å². The summed E-state index contributed by atoms with van der Waals surface area (Å²) in [4.78, 5) is 31.1. The summed E-state index contributed by atoms with van der Waals surface area (Å²) in [6, 6.07) is 5.92. The minimum atomic E-state index is -0.843. The van der Waals surface area contributed by atoms with E-state index in [1.807, 2.05) is 0 Å². The molecular weight excluding hydrogens is 327 g/mol. The van der Waals surface area contributed by atoms with Crippen LogP contribution in [0.4, 0.5) is 15.1 Å². The normalized spacial score (nSPS) is 11.4. The first-order valence-electron chi connectivity index (χ1n) is 7.64. The number of hydrogen-bond acceptors (Lipinski definition) is 5. The minimum absolute atomic E-state index is 0.133. The molecule has 5 N–H and O–H groups in total. The Kier molecular flexibility index (Phi) is 6.64. The van der Waals surface area contributed by atoms with E-state index in [1.54, 1.807) is 24.5 Å². The highest BCUT2D eigenvalue weighted by atomic mass is 19.1. The van der Waals surface area contributed by atoms with Crippen LogP contribution in [0.25, 0.3) is 0 Å². The van der Waals surface area contributed by atoms with E-state index in [2.05, 4.69) is 25.9 Å². The van der Waals surface area contributed by atoms with Crippen LogP contribution in [-0.2, 0) is 4.79 Å². The summed E-state index contributed by atoms with van der Waals surface area (Å²) in [6.07, 6.45) is 3.07. The molecule has 132 valence electrons. The highest BCUT2D eigenvalue weighted by molar-refractivity contribution is 5.78. The zero-order valence-electron chi connectivity index (χ0n) is 13.4. The number of urea groups is 1. The number of nitrogens with two attached hydrogens (primary N) is 1. The van der Waals surface area contributed by atoms with Crippen molar-refractivity contribution in [1.82, 2.24) is 20.6 Å². The maximum atomic E-state index is 13.9. The molecule has 0 saturated carbocycles. The molecule has 25 heavy (non-hydrogen) atoms. The first-order valence-corrected chi connectivity index (χ1v) is 7.64. The molecule has 1 heterocycles. The molecule has 0 fully saturated rings. The smallest absolute Gasteiger partial charge is 0.312 e. The van der Waals surface area contributed by atoms with E-state index in [0.29, 0.717) is 19.0 Å². The summed E-state index contributed by atoms with van der Waals surface area (Å²) in [5.41, 5.74) is 5.32. The number of hydrogen-bond donors (Lipinski definition) is 4. The summed E-state index contributed by atoms with van der Waals surface area (Å²) >= 11 is 0. The first-order chi connectivity index (χ1) is 12.1. The number of carbonyl (C=O) groups is 2. The third kappa shape index (κ3) is 6.05. The Hall–Kier alpha value is -3.23. The molecule has 0 bridgehead atoms. The van der Waals surface area contributed by atoms with Crippen molar-refractivity contribution in [2.24, 2.45) is 5.73 Å². The summed E-state index contributed by atoms with van der Waals surface area (Å²) < 4.78 is 13.9. The molecule has 2 rings (SSSR count).